The van der Waals surface area contributed by atoms with Crippen molar-refractivity contribution in [3.8, 4) is 11.5 Å². The van der Waals surface area contributed by atoms with Gasteiger partial charge in [-0.15, -0.1) is 0 Å². The molecule has 0 amide bonds. The monoisotopic (exact) mass is 470 g/mol. The molecule has 1 atom stereocenters. The maximum absolute atomic E-state index is 11.3. The second-order valence-corrected chi connectivity index (χ2v) is 12.3. The fourth-order valence-corrected chi connectivity index (χ4v) is 3.49. The number of para-hydroxylation sites is 1. The molecule has 0 radical (unpaired) electrons. The molecule has 1 aliphatic rings. The average Bonchev–Trinajstić information content (AvgIpc) is 3.49. The van der Waals surface area contributed by atoms with Crippen LogP contribution in [0.3, 0.4) is 0 Å². The molecule has 2 rings (SSSR count). The highest BCUT2D eigenvalue weighted by molar-refractivity contribution is 5.50. The molecule has 0 heterocycles. The highest BCUT2D eigenvalue weighted by atomic mass is 16.5. The first-order valence-corrected chi connectivity index (χ1v) is 12.4. The lowest BCUT2D eigenvalue weighted by Gasteiger charge is -2.29. The average molecular weight is 471 g/mol. The highest BCUT2D eigenvalue weighted by Crippen LogP contribution is 2.41. The van der Waals surface area contributed by atoms with Crippen LogP contribution in [0, 0.1) is 5.92 Å². The van der Waals surface area contributed by atoms with Crippen LogP contribution in [0.2, 0.25) is 0 Å². The molecular weight excluding hydrogens is 424 g/mol. The van der Waals surface area contributed by atoms with Crippen molar-refractivity contribution in [3.63, 3.8) is 0 Å². The molecule has 1 aromatic carbocycles. The number of hydrogen-bond acceptors (Lipinski definition) is 4. The van der Waals surface area contributed by atoms with Crippen LogP contribution in [0.5, 0.6) is 11.5 Å². The van der Waals surface area contributed by atoms with E-state index in [0.717, 1.165) is 11.3 Å². The highest BCUT2D eigenvalue weighted by Gasteiger charge is 2.27. The van der Waals surface area contributed by atoms with Crippen molar-refractivity contribution in [1.82, 2.24) is 0 Å². The molecule has 4 nitrogen and oxygen atoms in total. The van der Waals surface area contributed by atoms with E-state index in [1.165, 1.54) is 18.4 Å². The largest absolute Gasteiger partial charge is 0.488 e. The van der Waals surface area contributed by atoms with Crippen LogP contribution in [-0.2, 0) is 4.74 Å². The summed E-state index contributed by atoms with van der Waals surface area (Å²) < 4.78 is 18.7. The molecule has 1 aliphatic carbocycles. The van der Waals surface area contributed by atoms with Gasteiger partial charge in [-0.3, -0.25) is 0 Å². The summed E-state index contributed by atoms with van der Waals surface area (Å²) in [5.41, 5.74) is 1.71. The van der Waals surface area contributed by atoms with E-state index >= 15 is 0 Å². The Balaban J connectivity index is 2.37. The molecule has 0 aromatic heterocycles. The Labute approximate surface area is 207 Å². The summed E-state index contributed by atoms with van der Waals surface area (Å²) in [5.74, 6) is 2.76. The van der Waals surface area contributed by atoms with Crippen molar-refractivity contribution in [2.75, 3.05) is 0 Å². The van der Waals surface area contributed by atoms with E-state index in [2.05, 4.69) is 27.7 Å². The van der Waals surface area contributed by atoms with Crippen molar-refractivity contribution in [2.45, 2.75) is 112 Å². The zero-order chi connectivity index (χ0) is 25.9. The van der Waals surface area contributed by atoms with Gasteiger partial charge in [-0.1, -0.05) is 24.3 Å². The smallest absolute Gasteiger partial charge is 0.168 e. The van der Waals surface area contributed by atoms with Gasteiger partial charge in [0.15, 0.2) is 11.5 Å². The molecule has 0 spiro atoms. The molecule has 0 aliphatic heterocycles. The van der Waals surface area contributed by atoms with Gasteiger partial charge in [-0.25, -0.2) is 0 Å². The lowest BCUT2D eigenvalue weighted by molar-refractivity contribution is 0.0574. The van der Waals surface area contributed by atoms with E-state index in [1.807, 2.05) is 84.9 Å². The molecule has 1 unspecified atom stereocenters. The third-order valence-corrected chi connectivity index (χ3v) is 5.16. The van der Waals surface area contributed by atoms with Gasteiger partial charge < -0.3 is 19.3 Å². The van der Waals surface area contributed by atoms with E-state index in [-0.39, 0.29) is 11.2 Å². The van der Waals surface area contributed by atoms with Gasteiger partial charge in [0.25, 0.3) is 0 Å². The van der Waals surface area contributed by atoms with Crippen molar-refractivity contribution in [1.29, 1.82) is 0 Å². The van der Waals surface area contributed by atoms with Crippen molar-refractivity contribution in [2.24, 2.45) is 5.92 Å². The Morgan fingerprint density at radius 3 is 2.00 bits per heavy atom. The van der Waals surface area contributed by atoms with Crippen LogP contribution in [0.1, 0.15) is 101 Å². The summed E-state index contributed by atoms with van der Waals surface area (Å²) in [6.07, 6.45) is 7.55. The molecule has 0 saturated heterocycles. The number of aliphatic hydroxyl groups is 1. The second-order valence-electron chi connectivity index (χ2n) is 12.3. The van der Waals surface area contributed by atoms with E-state index in [4.69, 9.17) is 14.2 Å². The maximum Gasteiger partial charge on any atom is 0.168 e. The molecular formula is C30H46O4. The SMILES string of the molecule is C\C(=C(/C=C\C=C(/C)C(O)c1cccc(OC(C)(C)C)c1OC(C)(C)C)OC(C)(C)C)C1CC1. The minimum atomic E-state index is -0.828. The third kappa shape index (κ3) is 9.21. The van der Waals surface area contributed by atoms with Crippen LogP contribution in [0.25, 0.3) is 0 Å². The zero-order valence-electron chi connectivity index (χ0n) is 23.2. The van der Waals surface area contributed by atoms with Gasteiger partial charge in [-0.2, -0.15) is 0 Å². The molecule has 0 bridgehead atoms. The Bertz CT molecular complexity index is 926. The first-order valence-electron chi connectivity index (χ1n) is 12.4. The van der Waals surface area contributed by atoms with Gasteiger partial charge in [0.2, 0.25) is 0 Å². The molecule has 1 aromatic rings. The second kappa shape index (κ2) is 10.6. The number of hydrogen-bond donors (Lipinski definition) is 1. The molecule has 4 heteroatoms. The Morgan fingerprint density at radius 1 is 0.912 bits per heavy atom. The lowest BCUT2D eigenvalue weighted by Crippen LogP contribution is -2.27. The summed E-state index contributed by atoms with van der Waals surface area (Å²) in [5, 5.41) is 11.3. The van der Waals surface area contributed by atoms with E-state index in [0.29, 0.717) is 23.0 Å². The maximum atomic E-state index is 11.3. The van der Waals surface area contributed by atoms with Gasteiger partial charge >= 0.3 is 0 Å². The Kier molecular flexibility index (Phi) is 8.74. The number of benzene rings is 1. The van der Waals surface area contributed by atoms with Crippen LogP contribution in [-0.4, -0.2) is 21.9 Å². The van der Waals surface area contributed by atoms with Crippen molar-refractivity contribution >= 4 is 0 Å². The van der Waals surface area contributed by atoms with Crippen LogP contribution in [0.4, 0.5) is 0 Å². The summed E-state index contributed by atoms with van der Waals surface area (Å²) in [6.45, 7) is 22.3. The molecule has 1 fully saturated rings. The molecule has 1 N–H and O–H groups in total. The summed E-state index contributed by atoms with van der Waals surface area (Å²) in [6, 6.07) is 5.69. The van der Waals surface area contributed by atoms with Gasteiger partial charge in [-0.05, 0) is 118 Å². The standard InChI is InChI=1S/C30H46O4/c1-20(14-12-16-24(32-28(3,4)5)21(2)22-18-19-22)26(31)23-15-13-17-25(33-29(6,7)8)27(23)34-30(9,10)11/h12-17,22,26,31H,18-19H2,1-11H3/b16-12-,20-14+,24-21-. The molecule has 34 heavy (non-hydrogen) atoms. The normalized spacial score (nSPS) is 17.5. The van der Waals surface area contributed by atoms with Gasteiger partial charge in [0.05, 0.1) is 0 Å². The van der Waals surface area contributed by atoms with Crippen molar-refractivity contribution < 1.29 is 19.3 Å². The van der Waals surface area contributed by atoms with Crippen LogP contribution < -0.4 is 9.47 Å². The predicted molar refractivity (Wildman–Crippen MR) is 141 cm³/mol. The summed E-state index contributed by atoms with van der Waals surface area (Å²) in [7, 11) is 0. The van der Waals surface area contributed by atoms with E-state index in [1.54, 1.807) is 0 Å². The minimum Gasteiger partial charge on any atom is -0.488 e. The number of allylic oxidation sites excluding steroid dienone is 4. The topological polar surface area (TPSA) is 47.9 Å². The Hall–Kier alpha value is -2.20. The van der Waals surface area contributed by atoms with Crippen molar-refractivity contribution in [3.05, 3.63) is 58.9 Å². The summed E-state index contributed by atoms with van der Waals surface area (Å²) in [4.78, 5) is 0. The van der Waals surface area contributed by atoms with E-state index < -0.39 is 11.7 Å². The first kappa shape index (κ1) is 28.0. The number of aliphatic hydroxyl groups excluding tert-OH is 1. The predicted octanol–water partition coefficient (Wildman–Crippen LogP) is 8.08. The fraction of sp³-hybridized carbons (Fsp3) is 0.600. The van der Waals surface area contributed by atoms with Crippen LogP contribution >= 0.6 is 0 Å². The third-order valence-electron chi connectivity index (χ3n) is 5.16. The molecule has 190 valence electrons. The first-order chi connectivity index (χ1) is 15.5. The van der Waals surface area contributed by atoms with Gasteiger partial charge in [0.1, 0.15) is 28.7 Å². The summed E-state index contributed by atoms with van der Waals surface area (Å²) >= 11 is 0. The number of ether oxygens (including phenoxy) is 3. The zero-order valence-corrected chi connectivity index (χ0v) is 23.2. The Morgan fingerprint density at radius 2 is 1.50 bits per heavy atom. The fourth-order valence-electron chi connectivity index (χ4n) is 3.49. The van der Waals surface area contributed by atoms with Crippen LogP contribution in [0.15, 0.2) is 53.3 Å². The van der Waals surface area contributed by atoms with E-state index in [9.17, 15) is 5.11 Å². The quantitative estimate of drug-likeness (QED) is 0.308. The lowest BCUT2D eigenvalue weighted by atomic mass is 10.00. The molecule has 1 saturated carbocycles. The number of rotatable bonds is 8. The van der Waals surface area contributed by atoms with Gasteiger partial charge in [0, 0.05) is 5.56 Å². The minimum absolute atomic E-state index is 0.263.